The van der Waals surface area contributed by atoms with E-state index in [1.807, 2.05) is 22.4 Å². The van der Waals surface area contributed by atoms with E-state index in [0.29, 0.717) is 30.9 Å². The third-order valence-electron chi connectivity index (χ3n) is 6.77. The number of aromatic nitrogens is 1. The van der Waals surface area contributed by atoms with Crippen molar-refractivity contribution in [2.45, 2.75) is 50.0 Å². The molecule has 0 spiro atoms. The zero-order chi connectivity index (χ0) is 24.1. The number of nitrogens with zero attached hydrogens (tertiary/aromatic N) is 3. The average Bonchev–Trinajstić information content (AvgIpc) is 3.47. The zero-order valence-electron chi connectivity index (χ0n) is 19.7. The minimum absolute atomic E-state index is 0.0549. The Balaban J connectivity index is 1.69. The summed E-state index contributed by atoms with van der Waals surface area (Å²) in [6.07, 6.45) is 4.94. The minimum Gasteiger partial charge on any atom is -0.496 e. The number of rotatable bonds is 9. The highest BCUT2D eigenvalue weighted by molar-refractivity contribution is 7.09. The summed E-state index contributed by atoms with van der Waals surface area (Å²) in [6, 6.07) is 7.10. The first-order chi connectivity index (χ1) is 16.5. The van der Waals surface area contributed by atoms with E-state index in [2.05, 4.69) is 4.98 Å². The van der Waals surface area contributed by atoms with Gasteiger partial charge in [0.05, 0.1) is 18.6 Å². The van der Waals surface area contributed by atoms with Crippen molar-refractivity contribution >= 4 is 29.1 Å². The van der Waals surface area contributed by atoms with Gasteiger partial charge in [-0.1, -0.05) is 18.2 Å². The van der Waals surface area contributed by atoms with Gasteiger partial charge in [-0.3, -0.25) is 19.3 Å². The summed E-state index contributed by atoms with van der Waals surface area (Å²) in [7, 11) is 3.12. The Morgan fingerprint density at radius 2 is 2.06 bits per heavy atom. The number of piperidine rings is 1. The molecule has 9 heteroatoms. The van der Waals surface area contributed by atoms with Crippen molar-refractivity contribution in [3.8, 4) is 5.75 Å². The van der Waals surface area contributed by atoms with Crippen molar-refractivity contribution < 1.29 is 23.9 Å². The minimum atomic E-state index is -1.29. The number of hydrogen-bond donors (Lipinski definition) is 0. The number of carbonyl (C=O) groups is 3. The fraction of sp³-hybridized carbons (Fsp3) is 0.520. The number of methoxy groups -OCH3 is 2. The fourth-order valence-corrected chi connectivity index (χ4v) is 5.91. The van der Waals surface area contributed by atoms with Gasteiger partial charge < -0.3 is 14.4 Å². The first-order valence-corrected chi connectivity index (χ1v) is 12.6. The molecule has 0 aliphatic carbocycles. The summed E-state index contributed by atoms with van der Waals surface area (Å²) in [5.41, 5.74) is -0.708. The molecular weight excluding hydrogens is 454 g/mol. The van der Waals surface area contributed by atoms with E-state index in [1.54, 1.807) is 36.8 Å². The third kappa shape index (κ3) is 4.59. The predicted octanol–water partition coefficient (Wildman–Crippen LogP) is 3.33. The van der Waals surface area contributed by atoms with Gasteiger partial charge >= 0.3 is 0 Å². The van der Waals surface area contributed by atoms with Crippen molar-refractivity contribution in [3.63, 3.8) is 0 Å². The quantitative estimate of drug-likeness (QED) is 0.400. The van der Waals surface area contributed by atoms with Crippen molar-refractivity contribution in [2.24, 2.45) is 0 Å². The summed E-state index contributed by atoms with van der Waals surface area (Å²) < 4.78 is 10.7. The lowest BCUT2D eigenvalue weighted by atomic mass is 9.75. The van der Waals surface area contributed by atoms with Crippen LogP contribution in [0.3, 0.4) is 0 Å². The topological polar surface area (TPSA) is 89.0 Å². The third-order valence-corrected chi connectivity index (χ3v) is 7.65. The molecule has 8 nitrogen and oxygen atoms in total. The summed E-state index contributed by atoms with van der Waals surface area (Å²) in [5.74, 6) is -0.236. The first-order valence-electron chi connectivity index (χ1n) is 11.7. The molecular formula is C25H31N3O5S. The Bertz CT molecular complexity index is 1030. The molecule has 0 N–H and O–H groups in total. The number of likely N-dealkylation sites (tertiary alicyclic amines) is 2. The standard InChI is InChI=1S/C25H31N3O5S/c1-32-14-7-13-28-22(30)17-25(24(28)31,18-8-3-4-10-20(18)33-2)16-21(29)27-12-6-5-9-19(27)23-26-11-15-34-23/h3-4,8,10-11,15,19H,5-7,9,12-14,16-17H2,1-2H3/t19-,25-/m1/s1. The highest BCUT2D eigenvalue weighted by Crippen LogP contribution is 2.45. The molecule has 2 aliphatic rings. The van der Waals surface area contributed by atoms with Crippen LogP contribution in [0.25, 0.3) is 0 Å². The summed E-state index contributed by atoms with van der Waals surface area (Å²) in [4.78, 5) is 48.3. The van der Waals surface area contributed by atoms with Crippen LogP contribution < -0.4 is 4.74 Å². The highest BCUT2D eigenvalue weighted by Gasteiger charge is 2.55. The monoisotopic (exact) mass is 485 g/mol. The van der Waals surface area contributed by atoms with E-state index in [0.717, 1.165) is 24.3 Å². The van der Waals surface area contributed by atoms with Gasteiger partial charge in [0.1, 0.15) is 10.8 Å². The van der Waals surface area contributed by atoms with E-state index in [4.69, 9.17) is 9.47 Å². The predicted molar refractivity (Wildman–Crippen MR) is 128 cm³/mol. The van der Waals surface area contributed by atoms with Gasteiger partial charge in [-0.25, -0.2) is 4.98 Å². The lowest BCUT2D eigenvalue weighted by Gasteiger charge is -2.37. The Morgan fingerprint density at radius 1 is 1.24 bits per heavy atom. The Morgan fingerprint density at radius 3 is 2.79 bits per heavy atom. The lowest BCUT2D eigenvalue weighted by Crippen LogP contribution is -2.46. The maximum absolute atomic E-state index is 13.9. The molecule has 0 unspecified atom stereocenters. The Kier molecular flexibility index (Phi) is 7.63. The molecule has 1 aromatic carbocycles. The van der Waals surface area contributed by atoms with Crippen molar-refractivity contribution in [3.05, 3.63) is 46.4 Å². The summed E-state index contributed by atoms with van der Waals surface area (Å²) >= 11 is 1.54. The van der Waals surface area contributed by atoms with Crippen LogP contribution in [0, 0.1) is 0 Å². The van der Waals surface area contributed by atoms with Gasteiger partial charge in [-0.2, -0.15) is 0 Å². The molecule has 3 heterocycles. The van der Waals surface area contributed by atoms with E-state index >= 15 is 0 Å². The molecule has 2 aliphatic heterocycles. The fourth-order valence-electron chi connectivity index (χ4n) is 5.12. The molecule has 4 rings (SSSR count). The van der Waals surface area contributed by atoms with Crippen LogP contribution in [0.5, 0.6) is 5.75 Å². The second-order valence-electron chi connectivity index (χ2n) is 8.80. The van der Waals surface area contributed by atoms with Gasteiger partial charge in [-0.05, 0) is 31.7 Å². The van der Waals surface area contributed by atoms with E-state index in [9.17, 15) is 14.4 Å². The van der Waals surface area contributed by atoms with Crippen LogP contribution in [0.4, 0.5) is 0 Å². The average molecular weight is 486 g/mol. The Labute approximate surface area is 203 Å². The second kappa shape index (κ2) is 10.7. The largest absolute Gasteiger partial charge is 0.496 e. The van der Waals surface area contributed by atoms with Crippen LogP contribution in [-0.2, 0) is 24.5 Å². The van der Waals surface area contributed by atoms with Crippen LogP contribution >= 0.6 is 11.3 Å². The number of hydrogen-bond acceptors (Lipinski definition) is 7. The SMILES string of the molecule is COCCCN1C(=O)C[C@](CC(=O)N2CCCC[C@@H]2c2nccs2)(c2ccccc2OC)C1=O. The van der Waals surface area contributed by atoms with Crippen LogP contribution in [-0.4, -0.2) is 66.4 Å². The molecule has 3 amide bonds. The van der Waals surface area contributed by atoms with E-state index in [1.165, 1.54) is 12.0 Å². The molecule has 2 aromatic rings. The zero-order valence-corrected chi connectivity index (χ0v) is 20.5. The molecule has 1 aromatic heterocycles. The van der Waals surface area contributed by atoms with Crippen LogP contribution in [0.1, 0.15) is 55.1 Å². The number of para-hydroxylation sites is 1. The van der Waals surface area contributed by atoms with Crippen LogP contribution in [0.15, 0.2) is 35.8 Å². The van der Waals surface area contributed by atoms with Gasteiger partial charge in [-0.15, -0.1) is 11.3 Å². The molecule has 0 radical (unpaired) electrons. The lowest BCUT2D eigenvalue weighted by molar-refractivity contribution is -0.144. The number of amides is 3. The molecule has 182 valence electrons. The maximum atomic E-state index is 13.9. The number of imide groups is 1. The Hall–Kier alpha value is -2.78. The van der Waals surface area contributed by atoms with Gasteiger partial charge in [0.15, 0.2) is 0 Å². The van der Waals surface area contributed by atoms with Gasteiger partial charge in [0, 0.05) is 56.8 Å². The number of thiazole rings is 1. The van der Waals surface area contributed by atoms with Crippen molar-refractivity contribution in [1.82, 2.24) is 14.8 Å². The second-order valence-corrected chi connectivity index (χ2v) is 9.73. The van der Waals surface area contributed by atoms with Crippen LogP contribution in [0.2, 0.25) is 0 Å². The van der Waals surface area contributed by atoms with Crippen molar-refractivity contribution in [2.75, 3.05) is 33.9 Å². The van der Waals surface area contributed by atoms with E-state index in [-0.39, 0.29) is 43.1 Å². The molecule has 2 fully saturated rings. The van der Waals surface area contributed by atoms with Crippen molar-refractivity contribution in [1.29, 1.82) is 0 Å². The highest BCUT2D eigenvalue weighted by atomic mass is 32.1. The maximum Gasteiger partial charge on any atom is 0.241 e. The first kappa shape index (κ1) is 24.3. The molecule has 34 heavy (non-hydrogen) atoms. The van der Waals surface area contributed by atoms with Gasteiger partial charge in [0.25, 0.3) is 0 Å². The number of benzene rings is 1. The number of carbonyl (C=O) groups excluding carboxylic acids is 3. The molecule has 2 saturated heterocycles. The smallest absolute Gasteiger partial charge is 0.241 e. The summed E-state index contributed by atoms with van der Waals surface area (Å²) in [5, 5.41) is 2.83. The molecule has 0 saturated carbocycles. The molecule has 2 atom stereocenters. The van der Waals surface area contributed by atoms with Gasteiger partial charge in [0.2, 0.25) is 17.7 Å². The number of ether oxygens (including phenoxy) is 2. The summed E-state index contributed by atoms with van der Waals surface area (Å²) in [6.45, 7) is 1.33. The normalized spacial score (nSPS) is 22.9. The van der Waals surface area contributed by atoms with E-state index < -0.39 is 5.41 Å². The molecule has 0 bridgehead atoms.